The zero-order valence-electron chi connectivity index (χ0n) is 14.1. The molecule has 130 valence electrons. The molecule has 1 heterocycles. The lowest BCUT2D eigenvalue weighted by atomic mass is 10.0. The van der Waals surface area contributed by atoms with E-state index in [0.717, 1.165) is 41.1 Å². The Morgan fingerprint density at radius 3 is 2.46 bits per heavy atom. The molecular weight excluding hydrogens is 363 g/mol. The maximum atomic E-state index is 6.18. The van der Waals surface area contributed by atoms with Crippen molar-refractivity contribution >= 4 is 34.6 Å². The van der Waals surface area contributed by atoms with Gasteiger partial charge in [0.25, 0.3) is 0 Å². The van der Waals surface area contributed by atoms with Gasteiger partial charge in [-0.1, -0.05) is 77.8 Å². The molecule has 4 heteroatoms. The molecule has 0 saturated heterocycles. The van der Waals surface area contributed by atoms with E-state index in [1.165, 1.54) is 0 Å². The van der Waals surface area contributed by atoms with Crippen LogP contribution in [-0.4, -0.2) is 18.3 Å². The predicted molar refractivity (Wildman–Crippen MR) is 111 cm³/mol. The highest BCUT2D eigenvalue weighted by Crippen LogP contribution is 2.26. The van der Waals surface area contributed by atoms with Gasteiger partial charge in [-0.05, 0) is 30.2 Å². The van der Waals surface area contributed by atoms with Gasteiger partial charge in [-0.2, -0.15) is 0 Å². The second-order valence-electron chi connectivity index (χ2n) is 6.38. The van der Waals surface area contributed by atoms with Gasteiger partial charge in [0.05, 0.1) is 21.8 Å². The summed E-state index contributed by atoms with van der Waals surface area (Å²) in [6, 6.07) is 24.6. The fourth-order valence-electron chi connectivity index (χ4n) is 3.25. The monoisotopic (exact) mass is 380 g/mol. The molecule has 0 amide bonds. The maximum absolute atomic E-state index is 6.18. The van der Waals surface area contributed by atoms with Gasteiger partial charge >= 0.3 is 0 Å². The van der Waals surface area contributed by atoms with Crippen LogP contribution < -0.4 is 5.32 Å². The summed E-state index contributed by atoms with van der Waals surface area (Å²) in [5.74, 6) is 0. The molecule has 0 radical (unpaired) electrons. The van der Waals surface area contributed by atoms with Crippen molar-refractivity contribution in [1.82, 2.24) is 0 Å². The van der Waals surface area contributed by atoms with Gasteiger partial charge < -0.3 is 5.32 Å². The molecule has 26 heavy (non-hydrogen) atoms. The number of benzene rings is 3. The largest absolute Gasteiger partial charge is 0.382 e. The first-order chi connectivity index (χ1) is 12.7. The summed E-state index contributed by atoms with van der Waals surface area (Å²) in [7, 11) is 0. The number of hydrogen-bond acceptors (Lipinski definition) is 2. The minimum Gasteiger partial charge on any atom is -0.382 e. The van der Waals surface area contributed by atoms with Crippen LogP contribution >= 0.6 is 23.2 Å². The Morgan fingerprint density at radius 1 is 0.885 bits per heavy atom. The van der Waals surface area contributed by atoms with Gasteiger partial charge in [0.2, 0.25) is 0 Å². The molecule has 1 atom stereocenters. The first-order valence-electron chi connectivity index (χ1n) is 8.61. The first-order valence-corrected chi connectivity index (χ1v) is 9.37. The summed E-state index contributed by atoms with van der Waals surface area (Å²) in [5, 5.41) is 4.71. The van der Waals surface area contributed by atoms with Gasteiger partial charge in [-0.15, -0.1) is 0 Å². The Hall–Kier alpha value is -2.29. The third-order valence-corrected chi connectivity index (χ3v) is 5.26. The van der Waals surface area contributed by atoms with Crippen LogP contribution in [0.5, 0.6) is 0 Å². The van der Waals surface area contributed by atoms with E-state index in [0.29, 0.717) is 10.0 Å². The van der Waals surface area contributed by atoms with E-state index in [1.807, 2.05) is 42.5 Å². The Labute approximate surface area is 163 Å². The van der Waals surface area contributed by atoms with Crippen molar-refractivity contribution in [3.05, 3.63) is 99.5 Å². The van der Waals surface area contributed by atoms with Gasteiger partial charge in [-0.3, -0.25) is 4.99 Å². The van der Waals surface area contributed by atoms with E-state index in [9.17, 15) is 0 Å². The number of nitrogens with one attached hydrogen (secondary N) is 1. The van der Waals surface area contributed by atoms with Gasteiger partial charge in [0.1, 0.15) is 0 Å². The molecule has 3 aromatic rings. The van der Waals surface area contributed by atoms with Crippen molar-refractivity contribution in [2.24, 2.45) is 4.99 Å². The normalized spacial score (nSPS) is 16.2. The average molecular weight is 381 g/mol. The lowest BCUT2D eigenvalue weighted by molar-refractivity contribution is 0.706. The molecule has 0 saturated carbocycles. The maximum Gasteiger partial charge on any atom is 0.0744 e. The highest BCUT2D eigenvalue weighted by molar-refractivity contribution is 6.42. The number of halogens is 2. The quantitative estimate of drug-likeness (QED) is 0.603. The van der Waals surface area contributed by atoms with Gasteiger partial charge in [0, 0.05) is 23.4 Å². The Balaban J connectivity index is 1.72. The standard InChI is InChI=1S/C22H18Cl2N2/c23-19-11-10-15(13-20(19)24)12-17-14-25-21-9-5-4-8-18(21)22(26-17)16-6-2-1-3-7-16/h1-11,13,17,25H,12,14H2. The van der Waals surface area contributed by atoms with Crippen molar-refractivity contribution < 1.29 is 0 Å². The van der Waals surface area contributed by atoms with Crippen molar-refractivity contribution in [3.8, 4) is 0 Å². The number of rotatable bonds is 3. The molecule has 2 nitrogen and oxygen atoms in total. The van der Waals surface area contributed by atoms with Crippen LogP contribution in [0.25, 0.3) is 0 Å². The van der Waals surface area contributed by atoms with Crippen molar-refractivity contribution in [2.45, 2.75) is 12.5 Å². The zero-order chi connectivity index (χ0) is 17.9. The molecule has 3 aromatic carbocycles. The lowest BCUT2D eigenvalue weighted by Gasteiger charge is -2.13. The SMILES string of the molecule is Clc1ccc(CC2CNc3ccccc3C(c3ccccc3)=N2)cc1Cl. The minimum atomic E-state index is 0.106. The van der Waals surface area contributed by atoms with E-state index < -0.39 is 0 Å². The summed E-state index contributed by atoms with van der Waals surface area (Å²) in [5.41, 5.74) is 5.54. The number of hydrogen-bond donors (Lipinski definition) is 1. The van der Waals surface area contributed by atoms with E-state index in [-0.39, 0.29) is 6.04 Å². The molecule has 0 fully saturated rings. The summed E-state index contributed by atoms with van der Waals surface area (Å²) in [6.45, 7) is 0.771. The number of fused-ring (bicyclic) bond motifs is 1. The molecule has 1 aliphatic rings. The van der Waals surface area contributed by atoms with Gasteiger partial charge in [0.15, 0.2) is 0 Å². The molecule has 0 bridgehead atoms. The average Bonchev–Trinajstić information content (AvgIpc) is 2.85. The van der Waals surface area contributed by atoms with Crippen molar-refractivity contribution in [3.63, 3.8) is 0 Å². The minimum absolute atomic E-state index is 0.106. The van der Waals surface area contributed by atoms with E-state index >= 15 is 0 Å². The van der Waals surface area contributed by atoms with Crippen LogP contribution in [-0.2, 0) is 6.42 Å². The molecule has 4 rings (SSSR count). The molecule has 1 unspecified atom stereocenters. The fourth-order valence-corrected chi connectivity index (χ4v) is 3.57. The van der Waals surface area contributed by atoms with E-state index in [1.54, 1.807) is 0 Å². The summed E-state index contributed by atoms with van der Waals surface area (Å²) < 4.78 is 0. The Bertz CT molecular complexity index is 951. The predicted octanol–water partition coefficient (Wildman–Crippen LogP) is 5.87. The van der Waals surface area contributed by atoms with Crippen LogP contribution in [0.2, 0.25) is 10.0 Å². The highest BCUT2D eigenvalue weighted by atomic mass is 35.5. The highest BCUT2D eigenvalue weighted by Gasteiger charge is 2.19. The third kappa shape index (κ3) is 3.62. The fraction of sp³-hybridized carbons (Fsp3) is 0.136. The van der Waals surface area contributed by atoms with Crippen LogP contribution in [0.1, 0.15) is 16.7 Å². The van der Waals surface area contributed by atoms with Crippen molar-refractivity contribution in [2.75, 3.05) is 11.9 Å². The molecule has 1 N–H and O–H groups in total. The smallest absolute Gasteiger partial charge is 0.0744 e. The second-order valence-corrected chi connectivity index (χ2v) is 7.19. The van der Waals surface area contributed by atoms with Crippen LogP contribution in [0.15, 0.2) is 77.8 Å². The molecule has 0 spiro atoms. The Morgan fingerprint density at radius 2 is 1.65 bits per heavy atom. The summed E-state index contributed by atoms with van der Waals surface area (Å²) >= 11 is 12.2. The topological polar surface area (TPSA) is 24.4 Å². The third-order valence-electron chi connectivity index (χ3n) is 4.52. The number of aliphatic imine (C=N–C) groups is 1. The van der Waals surface area contributed by atoms with E-state index in [2.05, 4.69) is 35.6 Å². The van der Waals surface area contributed by atoms with Crippen molar-refractivity contribution in [1.29, 1.82) is 0 Å². The Kier molecular flexibility index (Phi) is 4.96. The lowest BCUT2D eigenvalue weighted by Crippen LogP contribution is -2.20. The van der Waals surface area contributed by atoms with E-state index in [4.69, 9.17) is 28.2 Å². The number of nitrogens with zero attached hydrogens (tertiary/aromatic N) is 1. The first kappa shape index (κ1) is 17.1. The number of benzodiazepines with no additional fused rings is 1. The van der Waals surface area contributed by atoms with Gasteiger partial charge in [-0.25, -0.2) is 0 Å². The summed E-state index contributed by atoms with van der Waals surface area (Å²) in [6.07, 6.45) is 0.800. The molecule has 0 aromatic heterocycles. The summed E-state index contributed by atoms with van der Waals surface area (Å²) in [4.78, 5) is 5.11. The molecule has 1 aliphatic heterocycles. The zero-order valence-corrected chi connectivity index (χ0v) is 15.6. The van der Waals surface area contributed by atoms with Crippen LogP contribution in [0, 0.1) is 0 Å². The molecule has 0 aliphatic carbocycles. The second kappa shape index (κ2) is 7.53. The molecular formula is C22H18Cl2N2. The number of anilines is 1. The van der Waals surface area contributed by atoms with Crippen LogP contribution in [0.3, 0.4) is 0 Å². The van der Waals surface area contributed by atoms with Crippen LogP contribution in [0.4, 0.5) is 5.69 Å². The number of para-hydroxylation sites is 1.